The van der Waals surface area contributed by atoms with Gasteiger partial charge >= 0.3 is 0 Å². The average Bonchev–Trinajstić information content (AvgIpc) is 2.99. The normalized spacial score (nSPS) is 17.6. The van der Waals surface area contributed by atoms with Gasteiger partial charge < -0.3 is 20.8 Å². The molecule has 1 fully saturated rings. The van der Waals surface area contributed by atoms with Crippen molar-refractivity contribution in [3.05, 3.63) is 47.7 Å². The van der Waals surface area contributed by atoms with Crippen LogP contribution in [0.2, 0.25) is 0 Å². The molecule has 0 radical (unpaired) electrons. The van der Waals surface area contributed by atoms with Crippen molar-refractivity contribution in [3.8, 4) is 11.5 Å². The second-order valence-corrected chi connectivity index (χ2v) is 6.11. The van der Waals surface area contributed by atoms with Crippen molar-refractivity contribution in [1.29, 1.82) is 0 Å². The van der Waals surface area contributed by atoms with E-state index >= 15 is 0 Å². The highest BCUT2D eigenvalue weighted by Gasteiger charge is 2.30. The molecule has 0 bridgehead atoms. The molecular weight excluding hydrogens is 302 g/mol. The number of amides is 1. The first kappa shape index (κ1) is 14.5. The molecular formula is C15H15N3O3S. The molecule has 1 saturated heterocycles. The Morgan fingerprint density at radius 1 is 1.32 bits per heavy atom. The summed E-state index contributed by atoms with van der Waals surface area (Å²) in [4.78, 5) is 17.6. The molecule has 114 valence electrons. The number of aromatic nitrogens is 1. The molecule has 1 aliphatic heterocycles. The van der Waals surface area contributed by atoms with Gasteiger partial charge in [0, 0.05) is 29.6 Å². The largest absolute Gasteiger partial charge is 0.508 e. The van der Waals surface area contributed by atoms with Crippen molar-refractivity contribution >= 4 is 23.5 Å². The third-order valence-electron chi connectivity index (χ3n) is 3.49. The maximum Gasteiger partial charge on any atom is 0.248 e. The lowest BCUT2D eigenvalue weighted by Gasteiger charge is -2.26. The monoisotopic (exact) mass is 317 g/mol. The molecule has 1 aromatic heterocycles. The molecule has 7 heteroatoms. The van der Waals surface area contributed by atoms with Gasteiger partial charge in [-0.1, -0.05) is 0 Å². The third-order valence-corrected chi connectivity index (χ3v) is 4.73. The minimum atomic E-state index is -0.507. The van der Waals surface area contributed by atoms with E-state index in [-0.39, 0.29) is 16.9 Å². The van der Waals surface area contributed by atoms with Gasteiger partial charge in [-0.15, -0.1) is 11.8 Å². The number of phenolic OH excluding ortho intramolecular Hbond substituents is 2. The Morgan fingerprint density at radius 2 is 2.14 bits per heavy atom. The molecule has 22 heavy (non-hydrogen) atoms. The average molecular weight is 317 g/mol. The Bertz CT molecular complexity index is 723. The number of nitrogens with zero attached hydrogens (tertiary/aromatic N) is 2. The molecule has 0 saturated carbocycles. The summed E-state index contributed by atoms with van der Waals surface area (Å²) < 4.78 is 0. The molecule has 3 rings (SSSR count). The number of aromatic hydroxyl groups is 2. The zero-order chi connectivity index (χ0) is 15.7. The van der Waals surface area contributed by atoms with E-state index in [0.29, 0.717) is 16.9 Å². The van der Waals surface area contributed by atoms with Crippen LogP contribution < -0.4 is 10.6 Å². The molecule has 6 nitrogen and oxygen atoms in total. The first-order chi connectivity index (χ1) is 10.6. The van der Waals surface area contributed by atoms with Crippen LogP contribution in [0.3, 0.4) is 0 Å². The minimum Gasteiger partial charge on any atom is -0.508 e. The Balaban J connectivity index is 1.98. The highest BCUT2D eigenvalue weighted by Crippen LogP contribution is 2.44. The van der Waals surface area contributed by atoms with Gasteiger partial charge in [0.2, 0.25) is 5.91 Å². The van der Waals surface area contributed by atoms with Gasteiger partial charge in [-0.05, 0) is 30.3 Å². The summed E-state index contributed by atoms with van der Waals surface area (Å²) in [5, 5.41) is 19.5. The first-order valence-corrected chi connectivity index (χ1v) is 7.77. The SMILES string of the molecule is NC(=O)c1ccnc(N2CCSC2c2cc(O)ccc2O)c1. The van der Waals surface area contributed by atoms with Gasteiger partial charge in [0.05, 0.1) is 0 Å². The lowest BCUT2D eigenvalue weighted by atomic mass is 10.1. The Labute approximate surface area is 131 Å². The topological polar surface area (TPSA) is 99.7 Å². The van der Waals surface area contributed by atoms with Gasteiger partial charge in [-0.3, -0.25) is 4.79 Å². The summed E-state index contributed by atoms with van der Waals surface area (Å²) in [6.45, 7) is 0.722. The number of thioether (sulfide) groups is 1. The Hall–Kier alpha value is -2.41. The highest BCUT2D eigenvalue weighted by atomic mass is 32.2. The minimum absolute atomic E-state index is 0.0964. The van der Waals surface area contributed by atoms with E-state index in [4.69, 9.17) is 5.73 Å². The lowest BCUT2D eigenvalue weighted by molar-refractivity contribution is 0.1000. The van der Waals surface area contributed by atoms with Crippen LogP contribution in [0.4, 0.5) is 5.82 Å². The molecule has 0 aliphatic carbocycles. The van der Waals surface area contributed by atoms with Crippen LogP contribution >= 0.6 is 11.8 Å². The van der Waals surface area contributed by atoms with Crippen LogP contribution in [0.25, 0.3) is 0 Å². The van der Waals surface area contributed by atoms with E-state index in [1.165, 1.54) is 18.3 Å². The number of anilines is 1. The first-order valence-electron chi connectivity index (χ1n) is 6.72. The summed E-state index contributed by atoms with van der Waals surface area (Å²) in [5.41, 5.74) is 6.32. The molecule has 1 amide bonds. The molecule has 4 N–H and O–H groups in total. The fraction of sp³-hybridized carbons (Fsp3) is 0.200. The van der Waals surface area contributed by atoms with Crippen LogP contribution in [-0.4, -0.2) is 33.4 Å². The number of benzene rings is 1. The van der Waals surface area contributed by atoms with Crippen molar-refractivity contribution in [3.63, 3.8) is 0 Å². The number of pyridine rings is 1. The van der Waals surface area contributed by atoms with E-state index in [2.05, 4.69) is 4.98 Å². The van der Waals surface area contributed by atoms with Gasteiger partial charge in [0.15, 0.2) is 0 Å². The maximum atomic E-state index is 11.3. The quantitative estimate of drug-likeness (QED) is 0.747. The van der Waals surface area contributed by atoms with Crippen molar-refractivity contribution in [2.24, 2.45) is 5.73 Å². The van der Waals surface area contributed by atoms with E-state index in [1.54, 1.807) is 30.0 Å². The number of hydrogen-bond donors (Lipinski definition) is 3. The van der Waals surface area contributed by atoms with Crippen molar-refractivity contribution in [1.82, 2.24) is 4.98 Å². The van der Waals surface area contributed by atoms with Crippen molar-refractivity contribution < 1.29 is 15.0 Å². The molecule has 1 unspecified atom stereocenters. The van der Waals surface area contributed by atoms with E-state index in [0.717, 1.165) is 12.3 Å². The van der Waals surface area contributed by atoms with Crippen LogP contribution in [0, 0.1) is 0 Å². The van der Waals surface area contributed by atoms with Crippen LogP contribution in [-0.2, 0) is 0 Å². The van der Waals surface area contributed by atoms with Crippen molar-refractivity contribution in [2.45, 2.75) is 5.37 Å². The number of hydrogen-bond acceptors (Lipinski definition) is 6. The zero-order valence-electron chi connectivity index (χ0n) is 11.6. The second kappa shape index (κ2) is 5.76. The van der Waals surface area contributed by atoms with Gasteiger partial charge in [-0.25, -0.2) is 4.98 Å². The summed E-state index contributed by atoms with van der Waals surface area (Å²) in [6, 6.07) is 7.66. The predicted molar refractivity (Wildman–Crippen MR) is 85.1 cm³/mol. The Kier molecular flexibility index (Phi) is 3.81. The highest BCUT2D eigenvalue weighted by molar-refractivity contribution is 7.99. The van der Waals surface area contributed by atoms with E-state index in [9.17, 15) is 15.0 Å². The van der Waals surface area contributed by atoms with Gasteiger partial charge in [-0.2, -0.15) is 0 Å². The number of carbonyl (C=O) groups excluding carboxylic acids is 1. The third kappa shape index (κ3) is 2.67. The molecule has 2 heterocycles. The Morgan fingerprint density at radius 3 is 2.91 bits per heavy atom. The van der Waals surface area contributed by atoms with Crippen molar-refractivity contribution in [2.75, 3.05) is 17.2 Å². The maximum absolute atomic E-state index is 11.3. The van der Waals surface area contributed by atoms with Crippen LogP contribution in [0.1, 0.15) is 21.3 Å². The standard InChI is InChI=1S/C15H15N3O3S/c16-14(21)9-3-4-17-13(7-9)18-5-6-22-15(18)11-8-10(19)1-2-12(11)20/h1-4,7-8,15,19-20H,5-6H2,(H2,16,21). The second-order valence-electron chi connectivity index (χ2n) is 4.93. The fourth-order valence-electron chi connectivity index (χ4n) is 2.43. The smallest absolute Gasteiger partial charge is 0.248 e. The molecule has 0 spiro atoms. The number of nitrogens with two attached hydrogens (primary N) is 1. The molecule has 1 aliphatic rings. The fourth-order valence-corrected chi connectivity index (χ4v) is 3.72. The van der Waals surface area contributed by atoms with E-state index in [1.807, 2.05) is 4.90 Å². The summed E-state index contributed by atoms with van der Waals surface area (Å²) in [5.74, 6) is 1.18. The van der Waals surface area contributed by atoms with Gasteiger partial charge in [0.1, 0.15) is 22.7 Å². The van der Waals surface area contributed by atoms with Gasteiger partial charge in [0.25, 0.3) is 0 Å². The molecule has 2 aromatic rings. The number of carbonyl (C=O) groups is 1. The summed E-state index contributed by atoms with van der Waals surface area (Å²) in [6.07, 6.45) is 1.54. The lowest BCUT2D eigenvalue weighted by Crippen LogP contribution is -2.24. The summed E-state index contributed by atoms with van der Waals surface area (Å²) in [7, 11) is 0. The van der Waals surface area contributed by atoms with Crippen LogP contribution in [0.5, 0.6) is 11.5 Å². The number of phenols is 2. The van der Waals surface area contributed by atoms with Crippen LogP contribution in [0.15, 0.2) is 36.5 Å². The van der Waals surface area contributed by atoms with E-state index < -0.39 is 5.91 Å². The zero-order valence-corrected chi connectivity index (χ0v) is 12.5. The molecule has 1 aromatic carbocycles. The predicted octanol–water partition coefficient (Wildman–Crippen LogP) is 1.84. The summed E-state index contributed by atoms with van der Waals surface area (Å²) >= 11 is 1.63. The number of rotatable bonds is 3. The number of primary amides is 1. The molecule has 1 atom stereocenters.